The summed E-state index contributed by atoms with van der Waals surface area (Å²) < 4.78 is 3.16. The van der Waals surface area contributed by atoms with E-state index in [1.807, 2.05) is 31.3 Å². The van der Waals surface area contributed by atoms with Crippen molar-refractivity contribution in [3.8, 4) is 11.3 Å². The third kappa shape index (κ3) is 3.57. The Labute approximate surface area is 192 Å². The van der Waals surface area contributed by atoms with Crippen LogP contribution in [0.2, 0.25) is 0 Å². The van der Waals surface area contributed by atoms with Crippen LogP contribution in [0.3, 0.4) is 0 Å². The maximum atomic E-state index is 13.6. The van der Waals surface area contributed by atoms with E-state index in [9.17, 15) is 4.79 Å². The summed E-state index contributed by atoms with van der Waals surface area (Å²) in [6, 6.07) is 17.9. The van der Waals surface area contributed by atoms with Crippen LogP contribution in [-0.2, 0) is 7.05 Å². The van der Waals surface area contributed by atoms with Crippen LogP contribution in [0.1, 0.15) is 36.0 Å². The quantitative estimate of drug-likeness (QED) is 0.537. The molecule has 5 rings (SSSR count). The molecule has 2 aliphatic rings. The molecule has 2 bridgehead atoms. The standard InChI is InChI=1S/C24H26BrN3O.ClH/c1-27-18-9-10-19(27)14-17(13-18)26-24(29)22-20-11-8-16(25)12-21(20)28(2)23(22)15-6-4-3-5-7-15;/h3-8,11-12,17-19H,9-10,13-14H2,1-2H3,(H,26,29);1H/t17-,18+,19-;. The van der Waals surface area contributed by atoms with Crippen LogP contribution < -0.4 is 5.32 Å². The van der Waals surface area contributed by atoms with Crippen molar-refractivity contribution in [2.45, 2.75) is 43.8 Å². The number of carbonyl (C=O) groups is 1. The number of nitrogens with zero attached hydrogens (tertiary/aromatic N) is 2. The van der Waals surface area contributed by atoms with Crippen molar-refractivity contribution in [3.63, 3.8) is 0 Å². The highest BCUT2D eigenvalue weighted by Crippen LogP contribution is 2.37. The summed E-state index contributed by atoms with van der Waals surface area (Å²) in [5.41, 5.74) is 3.89. The number of aromatic nitrogens is 1. The molecule has 2 aromatic carbocycles. The van der Waals surface area contributed by atoms with Gasteiger partial charge in [-0.3, -0.25) is 4.79 Å². The van der Waals surface area contributed by atoms with Crippen LogP contribution in [0.15, 0.2) is 53.0 Å². The Morgan fingerprint density at radius 3 is 2.37 bits per heavy atom. The molecule has 6 heteroatoms. The van der Waals surface area contributed by atoms with E-state index < -0.39 is 0 Å². The van der Waals surface area contributed by atoms with E-state index in [0.717, 1.165) is 45.0 Å². The Bertz CT molecular complexity index is 1070. The highest BCUT2D eigenvalue weighted by Gasteiger charge is 2.39. The van der Waals surface area contributed by atoms with Crippen LogP contribution in [-0.4, -0.2) is 40.5 Å². The number of nitrogens with one attached hydrogen (secondary N) is 1. The van der Waals surface area contributed by atoms with Crippen molar-refractivity contribution in [1.29, 1.82) is 0 Å². The van der Waals surface area contributed by atoms with Crippen molar-refractivity contribution < 1.29 is 4.79 Å². The molecule has 158 valence electrons. The van der Waals surface area contributed by atoms with Crippen LogP contribution in [0.25, 0.3) is 22.2 Å². The fraction of sp³-hybridized carbons (Fsp3) is 0.375. The summed E-state index contributed by atoms with van der Waals surface area (Å²) in [6.07, 6.45) is 4.61. The lowest BCUT2D eigenvalue weighted by atomic mass is 9.97. The van der Waals surface area contributed by atoms with Gasteiger partial charge >= 0.3 is 0 Å². The van der Waals surface area contributed by atoms with Crippen LogP contribution >= 0.6 is 28.3 Å². The smallest absolute Gasteiger partial charge is 0.254 e. The second kappa shape index (κ2) is 8.37. The summed E-state index contributed by atoms with van der Waals surface area (Å²) in [6.45, 7) is 0. The van der Waals surface area contributed by atoms with Gasteiger partial charge in [-0.15, -0.1) is 12.4 Å². The first kappa shape index (κ1) is 21.4. The minimum absolute atomic E-state index is 0. The van der Waals surface area contributed by atoms with Crippen molar-refractivity contribution in [2.24, 2.45) is 7.05 Å². The predicted molar refractivity (Wildman–Crippen MR) is 128 cm³/mol. The molecule has 0 radical (unpaired) electrons. The molecule has 2 fully saturated rings. The summed E-state index contributed by atoms with van der Waals surface area (Å²) in [5, 5.41) is 4.40. The molecule has 3 aromatic rings. The molecule has 2 aliphatic heterocycles. The van der Waals surface area contributed by atoms with E-state index >= 15 is 0 Å². The number of fused-ring (bicyclic) bond motifs is 3. The van der Waals surface area contributed by atoms with Gasteiger partial charge in [-0.2, -0.15) is 0 Å². The SMILES string of the molecule is CN1[C@@H]2CC[C@H]1C[C@@H](NC(=O)c1c(-c3ccccc3)n(C)c3cc(Br)ccc13)C2.Cl. The van der Waals surface area contributed by atoms with E-state index in [4.69, 9.17) is 0 Å². The molecular formula is C24H27BrClN3O. The van der Waals surface area contributed by atoms with Crippen molar-refractivity contribution in [1.82, 2.24) is 14.8 Å². The number of halogens is 2. The zero-order valence-corrected chi connectivity index (χ0v) is 19.7. The molecule has 0 aliphatic carbocycles. The van der Waals surface area contributed by atoms with Crippen molar-refractivity contribution >= 4 is 45.1 Å². The molecular weight excluding hydrogens is 462 g/mol. The molecule has 2 saturated heterocycles. The van der Waals surface area contributed by atoms with Crippen LogP contribution in [0.5, 0.6) is 0 Å². The third-order valence-corrected chi connectivity index (χ3v) is 7.36. The molecule has 4 nitrogen and oxygen atoms in total. The second-order valence-corrected chi connectivity index (χ2v) is 9.42. The van der Waals surface area contributed by atoms with Gasteiger partial charge in [-0.05, 0) is 50.4 Å². The summed E-state index contributed by atoms with van der Waals surface area (Å²) in [7, 11) is 4.28. The van der Waals surface area contributed by atoms with Gasteiger partial charge in [-0.25, -0.2) is 0 Å². The van der Waals surface area contributed by atoms with Gasteiger partial charge in [0.2, 0.25) is 0 Å². The number of amides is 1. The maximum Gasteiger partial charge on any atom is 0.254 e. The Hall–Kier alpha value is -1.82. The first-order chi connectivity index (χ1) is 14.0. The van der Waals surface area contributed by atoms with Gasteiger partial charge in [0.1, 0.15) is 0 Å². The van der Waals surface area contributed by atoms with E-state index in [-0.39, 0.29) is 24.4 Å². The molecule has 3 atom stereocenters. The Balaban J connectivity index is 0.00000218. The highest BCUT2D eigenvalue weighted by molar-refractivity contribution is 9.10. The first-order valence-corrected chi connectivity index (χ1v) is 11.2. The molecule has 1 aromatic heterocycles. The van der Waals surface area contributed by atoms with Gasteiger partial charge < -0.3 is 14.8 Å². The van der Waals surface area contributed by atoms with Crippen LogP contribution in [0.4, 0.5) is 0 Å². The fourth-order valence-corrected chi connectivity index (χ4v) is 5.71. The van der Waals surface area contributed by atoms with E-state index in [1.165, 1.54) is 12.8 Å². The van der Waals surface area contributed by atoms with Crippen LogP contribution in [0, 0.1) is 0 Å². The highest BCUT2D eigenvalue weighted by atomic mass is 79.9. The number of piperidine rings is 1. The average molecular weight is 489 g/mol. The normalized spacial score (nSPS) is 23.4. The Kier molecular flexibility index (Phi) is 5.97. The van der Waals surface area contributed by atoms with Gasteiger partial charge in [0.05, 0.1) is 16.8 Å². The van der Waals surface area contributed by atoms with E-state index in [0.29, 0.717) is 12.1 Å². The molecule has 1 N–H and O–H groups in total. The second-order valence-electron chi connectivity index (χ2n) is 8.50. The zero-order chi connectivity index (χ0) is 20.1. The Morgan fingerprint density at radius 1 is 1.03 bits per heavy atom. The Morgan fingerprint density at radius 2 is 1.70 bits per heavy atom. The fourth-order valence-electron chi connectivity index (χ4n) is 5.36. The number of aryl methyl sites for hydroxylation is 1. The molecule has 3 heterocycles. The lowest BCUT2D eigenvalue weighted by molar-refractivity contribution is 0.0884. The zero-order valence-electron chi connectivity index (χ0n) is 17.3. The number of rotatable bonds is 3. The van der Waals surface area contributed by atoms with E-state index in [1.54, 1.807) is 0 Å². The summed E-state index contributed by atoms with van der Waals surface area (Å²) in [4.78, 5) is 16.1. The minimum Gasteiger partial charge on any atom is -0.349 e. The lowest BCUT2D eigenvalue weighted by Gasteiger charge is -2.36. The van der Waals surface area contributed by atoms with Gasteiger partial charge in [-0.1, -0.05) is 52.3 Å². The molecule has 1 amide bonds. The van der Waals surface area contributed by atoms with Gasteiger partial charge in [0, 0.05) is 35.0 Å². The first-order valence-electron chi connectivity index (χ1n) is 10.4. The number of hydrogen-bond donors (Lipinski definition) is 1. The summed E-state index contributed by atoms with van der Waals surface area (Å²) >= 11 is 3.58. The molecule has 0 saturated carbocycles. The number of hydrogen-bond acceptors (Lipinski definition) is 2. The molecule has 0 spiro atoms. The monoisotopic (exact) mass is 487 g/mol. The van der Waals surface area contributed by atoms with Gasteiger partial charge in [0.15, 0.2) is 0 Å². The molecule has 0 unspecified atom stereocenters. The van der Waals surface area contributed by atoms with E-state index in [2.05, 4.69) is 62.0 Å². The number of carbonyl (C=O) groups excluding carboxylic acids is 1. The minimum atomic E-state index is 0. The third-order valence-electron chi connectivity index (χ3n) is 6.87. The summed E-state index contributed by atoms with van der Waals surface area (Å²) in [5.74, 6) is 0.0470. The largest absolute Gasteiger partial charge is 0.349 e. The van der Waals surface area contributed by atoms with Gasteiger partial charge in [0.25, 0.3) is 5.91 Å². The topological polar surface area (TPSA) is 37.3 Å². The lowest BCUT2D eigenvalue weighted by Crippen LogP contribution is -2.48. The van der Waals surface area contributed by atoms with Crippen molar-refractivity contribution in [3.05, 3.63) is 58.6 Å². The maximum absolute atomic E-state index is 13.6. The predicted octanol–water partition coefficient (Wildman–Crippen LogP) is 5.38. The van der Waals surface area contributed by atoms with Crippen molar-refractivity contribution in [2.75, 3.05) is 7.05 Å². The molecule has 30 heavy (non-hydrogen) atoms. The average Bonchev–Trinajstić information content (AvgIpc) is 3.10. The number of benzene rings is 2.